The molecule has 32 heavy (non-hydrogen) atoms. The molecular weight excluding hydrogens is 407 g/mol. The van der Waals surface area contributed by atoms with Gasteiger partial charge in [0, 0.05) is 38.9 Å². The first-order valence-electron chi connectivity index (χ1n) is 11.4. The molecule has 3 heterocycles. The molecule has 0 saturated carbocycles. The molecule has 7 nitrogen and oxygen atoms in total. The quantitative estimate of drug-likeness (QED) is 0.510. The summed E-state index contributed by atoms with van der Waals surface area (Å²) in [6, 6.07) is 11.8. The van der Waals surface area contributed by atoms with Crippen molar-refractivity contribution < 1.29 is 9.13 Å². The molecule has 0 bridgehead atoms. The van der Waals surface area contributed by atoms with Gasteiger partial charge in [0.15, 0.2) is 17.6 Å². The van der Waals surface area contributed by atoms with Crippen LogP contribution in [0.15, 0.2) is 47.6 Å². The molecule has 1 aromatic carbocycles. The number of methoxy groups -OCH3 is 1. The largest absolute Gasteiger partial charge is 0.497 e. The average molecular weight is 441 g/mol. The fraction of sp³-hybridized carbons (Fsp3) is 0.500. The van der Waals surface area contributed by atoms with Crippen molar-refractivity contribution >= 4 is 11.8 Å². The highest BCUT2D eigenvalue weighted by molar-refractivity contribution is 5.80. The van der Waals surface area contributed by atoms with Crippen LogP contribution in [0.25, 0.3) is 0 Å². The number of pyridine rings is 1. The minimum absolute atomic E-state index is 0.185. The van der Waals surface area contributed by atoms with Crippen LogP contribution < -0.4 is 20.3 Å². The number of likely N-dealkylation sites (tertiary alicyclic amines) is 1. The van der Waals surface area contributed by atoms with Crippen LogP contribution in [0.4, 0.5) is 10.2 Å². The SMILES string of the molecule is CN=C(NCC(c1cccc(OC)c1)N1CCCC1)NC1CCN(c2ncccc2F)C1. The number of aromatic nitrogens is 1. The van der Waals surface area contributed by atoms with Gasteiger partial charge in [0.2, 0.25) is 0 Å². The summed E-state index contributed by atoms with van der Waals surface area (Å²) in [6.45, 7) is 4.41. The Hall–Kier alpha value is -2.87. The number of rotatable bonds is 7. The fourth-order valence-electron chi connectivity index (χ4n) is 4.62. The third-order valence-electron chi connectivity index (χ3n) is 6.31. The standard InChI is InChI=1S/C24H33FN6O/c1-26-24(29-19-10-14-31(17-19)23-21(25)9-6-11-27-23)28-16-22(30-12-3-4-13-30)18-7-5-8-20(15-18)32-2/h5-9,11,15,19,22H,3-4,10,12-14,16-17H2,1-2H3,(H2,26,28,29). The normalized spacial score (nSPS) is 20.4. The molecule has 8 heteroatoms. The molecule has 1 aromatic heterocycles. The van der Waals surface area contributed by atoms with E-state index in [0.717, 1.165) is 44.3 Å². The van der Waals surface area contributed by atoms with E-state index in [-0.39, 0.29) is 17.9 Å². The van der Waals surface area contributed by atoms with Crippen molar-refractivity contribution in [3.8, 4) is 5.75 Å². The summed E-state index contributed by atoms with van der Waals surface area (Å²) in [5, 5.41) is 7.03. The maximum absolute atomic E-state index is 14.1. The van der Waals surface area contributed by atoms with Gasteiger partial charge in [0.25, 0.3) is 0 Å². The van der Waals surface area contributed by atoms with Gasteiger partial charge in [-0.15, -0.1) is 0 Å². The van der Waals surface area contributed by atoms with Crippen LogP contribution in [0.5, 0.6) is 5.75 Å². The Morgan fingerprint density at radius 1 is 1.25 bits per heavy atom. The number of hydrogen-bond acceptors (Lipinski definition) is 5. The van der Waals surface area contributed by atoms with E-state index in [1.165, 1.54) is 24.5 Å². The van der Waals surface area contributed by atoms with Gasteiger partial charge in [0.05, 0.1) is 13.2 Å². The Balaban J connectivity index is 1.37. The van der Waals surface area contributed by atoms with Gasteiger partial charge in [-0.25, -0.2) is 9.37 Å². The predicted octanol–water partition coefficient (Wildman–Crippen LogP) is 2.81. The second kappa shape index (κ2) is 10.6. The zero-order chi connectivity index (χ0) is 22.3. The molecule has 2 fully saturated rings. The topological polar surface area (TPSA) is 65.0 Å². The first-order valence-corrected chi connectivity index (χ1v) is 11.4. The molecule has 2 aliphatic heterocycles. The summed E-state index contributed by atoms with van der Waals surface area (Å²) in [6.07, 6.45) is 5.00. The number of benzene rings is 1. The van der Waals surface area contributed by atoms with E-state index in [0.29, 0.717) is 12.4 Å². The lowest BCUT2D eigenvalue weighted by Gasteiger charge is -2.29. The Bertz CT molecular complexity index is 917. The van der Waals surface area contributed by atoms with E-state index in [2.05, 4.69) is 37.6 Å². The Morgan fingerprint density at radius 2 is 2.09 bits per heavy atom. The van der Waals surface area contributed by atoms with Crippen LogP contribution in [-0.2, 0) is 0 Å². The molecule has 172 valence electrons. The highest BCUT2D eigenvalue weighted by atomic mass is 19.1. The maximum atomic E-state index is 14.1. The summed E-state index contributed by atoms with van der Waals surface area (Å²) >= 11 is 0. The molecule has 2 N–H and O–H groups in total. The van der Waals surface area contributed by atoms with E-state index in [1.807, 2.05) is 17.0 Å². The molecule has 2 aromatic rings. The molecule has 0 spiro atoms. The van der Waals surface area contributed by atoms with E-state index in [9.17, 15) is 4.39 Å². The summed E-state index contributed by atoms with van der Waals surface area (Å²) < 4.78 is 19.5. The molecule has 2 unspecified atom stereocenters. The monoisotopic (exact) mass is 440 g/mol. The average Bonchev–Trinajstić information content (AvgIpc) is 3.51. The minimum atomic E-state index is -0.276. The fourth-order valence-corrected chi connectivity index (χ4v) is 4.62. The molecule has 2 aliphatic rings. The first kappa shape index (κ1) is 22.3. The highest BCUT2D eigenvalue weighted by Gasteiger charge is 2.27. The van der Waals surface area contributed by atoms with E-state index >= 15 is 0 Å². The van der Waals surface area contributed by atoms with Crippen LogP contribution >= 0.6 is 0 Å². The van der Waals surface area contributed by atoms with Crippen molar-refractivity contribution in [2.24, 2.45) is 4.99 Å². The van der Waals surface area contributed by atoms with E-state index < -0.39 is 0 Å². The number of aliphatic imine (C=N–C) groups is 1. The van der Waals surface area contributed by atoms with Crippen LogP contribution in [-0.4, -0.2) is 68.8 Å². The van der Waals surface area contributed by atoms with Crippen LogP contribution in [0.2, 0.25) is 0 Å². The predicted molar refractivity (Wildman–Crippen MR) is 126 cm³/mol. The molecule has 0 radical (unpaired) electrons. The Labute approximate surface area is 189 Å². The molecule has 2 saturated heterocycles. The minimum Gasteiger partial charge on any atom is -0.497 e. The van der Waals surface area contributed by atoms with Crippen LogP contribution in [0.1, 0.15) is 30.9 Å². The van der Waals surface area contributed by atoms with Crippen molar-refractivity contribution in [2.45, 2.75) is 31.3 Å². The Kier molecular flexibility index (Phi) is 7.42. The Morgan fingerprint density at radius 3 is 2.84 bits per heavy atom. The molecular formula is C24H33FN6O. The summed E-state index contributed by atoms with van der Waals surface area (Å²) in [5.74, 6) is 1.79. The van der Waals surface area contributed by atoms with Gasteiger partial charge in [-0.2, -0.15) is 0 Å². The summed E-state index contributed by atoms with van der Waals surface area (Å²) in [5.41, 5.74) is 1.24. The van der Waals surface area contributed by atoms with Gasteiger partial charge < -0.3 is 20.3 Å². The number of hydrogen-bond donors (Lipinski definition) is 2. The zero-order valence-electron chi connectivity index (χ0n) is 18.9. The summed E-state index contributed by atoms with van der Waals surface area (Å²) in [7, 11) is 3.49. The highest BCUT2D eigenvalue weighted by Crippen LogP contribution is 2.27. The number of guanidine groups is 1. The molecule has 0 aliphatic carbocycles. The van der Waals surface area contributed by atoms with E-state index in [4.69, 9.17) is 4.74 Å². The number of halogens is 1. The van der Waals surface area contributed by atoms with Gasteiger partial charge in [0.1, 0.15) is 5.75 Å². The van der Waals surface area contributed by atoms with Gasteiger partial charge in [-0.1, -0.05) is 12.1 Å². The number of nitrogens with zero attached hydrogens (tertiary/aromatic N) is 4. The molecule has 4 rings (SSSR count). The van der Waals surface area contributed by atoms with Crippen molar-refractivity contribution in [1.82, 2.24) is 20.5 Å². The zero-order valence-corrected chi connectivity index (χ0v) is 18.9. The first-order chi connectivity index (χ1) is 15.7. The van der Waals surface area contributed by atoms with Crippen LogP contribution in [0.3, 0.4) is 0 Å². The second-order valence-electron chi connectivity index (χ2n) is 8.37. The van der Waals surface area contributed by atoms with Crippen molar-refractivity contribution in [1.29, 1.82) is 0 Å². The van der Waals surface area contributed by atoms with Crippen molar-refractivity contribution in [3.63, 3.8) is 0 Å². The number of nitrogens with one attached hydrogen (secondary N) is 2. The maximum Gasteiger partial charge on any atom is 0.191 e. The third-order valence-corrected chi connectivity index (χ3v) is 6.31. The lowest BCUT2D eigenvalue weighted by atomic mass is 10.1. The number of anilines is 1. The lowest BCUT2D eigenvalue weighted by molar-refractivity contribution is 0.244. The lowest BCUT2D eigenvalue weighted by Crippen LogP contribution is -2.47. The second-order valence-corrected chi connectivity index (χ2v) is 8.37. The van der Waals surface area contributed by atoms with Crippen LogP contribution in [0, 0.1) is 5.82 Å². The number of ether oxygens (including phenoxy) is 1. The molecule has 2 atom stereocenters. The van der Waals surface area contributed by atoms with Crippen molar-refractivity contribution in [3.05, 3.63) is 54.0 Å². The van der Waals surface area contributed by atoms with Gasteiger partial charge in [-0.3, -0.25) is 9.89 Å². The van der Waals surface area contributed by atoms with E-state index in [1.54, 1.807) is 26.4 Å². The van der Waals surface area contributed by atoms with Crippen molar-refractivity contribution in [2.75, 3.05) is 51.8 Å². The third kappa shape index (κ3) is 5.30. The van der Waals surface area contributed by atoms with Gasteiger partial charge >= 0.3 is 0 Å². The smallest absolute Gasteiger partial charge is 0.191 e. The molecule has 0 amide bonds. The van der Waals surface area contributed by atoms with Gasteiger partial charge in [-0.05, 0) is 62.2 Å². The summed E-state index contributed by atoms with van der Waals surface area (Å²) in [4.78, 5) is 13.2.